The maximum Gasteiger partial charge on any atom is 0.262 e. The molecule has 0 aliphatic carbocycles. The molecule has 0 bridgehead atoms. The first-order chi connectivity index (χ1) is 15.4. The summed E-state index contributed by atoms with van der Waals surface area (Å²) in [6, 6.07) is 11.4. The van der Waals surface area contributed by atoms with Crippen molar-refractivity contribution in [1.29, 1.82) is 0 Å². The van der Waals surface area contributed by atoms with E-state index in [2.05, 4.69) is 14.7 Å². The average molecular weight is 455 g/mol. The fraction of sp³-hybridized carbons (Fsp3) is 0.304. The van der Waals surface area contributed by atoms with Crippen LogP contribution in [0.15, 0.2) is 59.8 Å². The van der Waals surface area contributed by atoms with E-state index in [-0.39, 0.29) is 16.7 Å². The number of benzene rings is 2. The van der Waals surface area contributed by atoms with Crippen molar-refractivity contribution < 1.29 is 17.9 Å². The zero-order valence-corrected chi connectivity index (χ0v) is 18.9. The van der Waals surface area contributed by atoms with E-state index in [0.29, 0.717) is 35.7 Å². The lowest BCUT2D eigenvalue weighted by Gasteiger charge is -2.32. The fourth-order valence-corrected chi connectivity index (χ4v) is 5.29. The lowest BCUT2D eigenvalue weighted by Crippen LogP contribution is -2.39. The Morgan fingerprint density at radius 3 is 2.69 bits per heavy atom. The number of likely N-dealkylation sites (tertiary alicyclic amines) is 1. The number of aromatic nitrogens is 2. The van der Waals surface area contributed by atoms with Gasteiger partial charge in [-0.15, -0.1) is 0 Å². The Morgan fingerprint density at radius 2 is 2.00 bits per heavy atom. The summed E-state index contributed by atoms with van der Waals surface area (Å²) < 4.78 is 33.8. The highest BCUT2D eigenvalue weighted by molar-refractivity contribution is 7.92. The second-order valence-corrected chi connectivity index (χ2v) is 9.53. The molecule has 168 valence electrons. The van der Waals surface area contributed by atoms with Gasteiger partial charge < -0.3 is 14.6 Å². The third-order valence-corrected chi connectivity index (χ3v) is 7.20. The number of carbonyl (C=O) groups is 1. The Kier molecular flexibility index (Phi) is 6.18. The first-order valence-electron chi connectivity index (χ1n) is 10.4. The van der Waals surface area contributed by atoms with Crippen LogP contribution in [0.5, 0.6) is 5.75 Å². The van der Waals surface area contributed by atoms with Gasteiger partial charge in [0.05, 0.1) is 12.0 Å². The predicted octanol–water partition coefficient (Wildman–Crippen LogP) is 3.55. The molecule has 0 spiro atoms. The number of hydrogen-bond acceptors (Lipinski definition) is 5. The SMILES string of the molecule is COc1ccc(NS(=O)(=O)c2cc(C(=O)N3CCCC(c4ncc[nH]4)C3)ccc2C)cc1. The van der Waals surface area contributed by atoms with Crippen LogP contribution in [-0.4, -0.2) is 49.4 Å². The third kappa shape index (κ3) is 4.62. The molecule has 4 rings (SSSR count). The largest absolute Gasteiger partial charge is 0.497 e. The molecule has 1 aliphatic rings. The van der Waals surface area contributed by atoms with E-state index in [1.54, 1.807) is 67.7 Å². The van der Waals surface area contributed by atoms with Crippen LogP contribution in [0.25, 0.3) is 0 Å². The molecule has 9 heteroatoms. The molecule has 8 nitrogen and oxygen atoms in total. The number of aromatic amines is 1. The van der Waals surface area contributed by atoms with Gasteiger partial charge >= 0.3 is 0 Å². The third-order valence-electron chi connectivity index (χ3n) is 5.68. The van der Waals surface area contributed by atoms with Crippen molar-refractivity contribution in [2.45, 2.75) is 30.6 Å². The number of H-pyrrole nitrogens is 1. The van der Waals surface area contributed by atoms with E-state index in [0.717, 1.165) is 18.7 Å². The summed E-state index contributed by atoms with van der Waals surface area (Å²) in [4.78, 5) is 22.5. The summed E-state index contributed by atoms with van der Waals surface area (Å²) in [5.74, 6) is 1.47. The number of aryl methyl sites for hydroxylation is 1. The average Bonchev–Trinajstić information content (AvgIpc) is 3.34. The van der Waals surface area contributed by atoms with Gasteiger partial charge in [-0.25, -0.2) is 13.4 Å². The molecule has 1 aliphatic heterocycles. The standard InChI is InChI=1S/C23H26N4O4S/c1-16-5-6-17(23(28)27-13-3-4-18(15-27)22-24-11-12-25-22)14-21(16)32(29,30)26-19-7-9-20(31-2)10-8-19/h5-12,14,18,26H,3-4,13,15H2,1-2H3,(H,24,25). The van der Waals surface area contributed by atoms with Gasteiger partial charge in [-0.1, -0.05) is 6.07 Å². The molecule has 1 aromatic heterocycles. The summed E-state index contributed by atoms with van der Waals surface area (Å²) in [5, 5.41) is 0. The van der Waals surface area contributed by atoms with E-state index in [4.69, 9.17) is 4.74 Å². The molecule has 1 saturated heterocycles. The molecule has 1 fully saturated rings. The van der Waals surface area contributed by atoms with E-state index >= 15 is 0 Å². The lowest BCUT2D eigenvalue weighted by molar-refractivity contribution is 0.0704. The van der Waals surface area contributed by atoms with Crippen LogP contribution in [-0.2, 0) is 10.0 Å². The van der Waals surface area contributed by atoms with Crippen molar-refractivity contribution >= 4 is 21.6 Å². The number of nitrogens with zero attached hydrogens (tertiary/aromatic N) is 2. The molecular weight excluding hydrogens is 428 g/mol. The molecule has 32 heavy (non-hydrogen) atoms. The molecule has 1 amide bonds. The maximum atomic E-state index is 13.2. The molecule has 1 unspecified atom stereocenters. The van der Waals surface area contributed by atoms with Gasteiger partial charge in [0.2, 0.25) is 0 Å². The number of hydrogen-bond donors (Lipinski definition) is 2. The number of amides is 1. The molecular formula is C23H26N4O4S. The quantitative estimate of drug-likeness (QED) is 0.593. The highest BCUT2D eigenvalue weighted by atomic mass is 32.2. The topological polar surface area (TPSA) is 104 Å². The van der Waals surface area contributed by atoms with Crippen molar-refractivity contribution in [3.63, 3.8) is 0 Å². The van der Waals surface area contributed by atoms with Gasteiger partial charge in [-0.2, -0.15) is 0 Å². The van der Waals surface area contributed by atoms with Gasteiger partial charge in [-0.3, -0.25) is 9.52 Å². The summed E-state index contributed by atoms with van der Waals surface area (Å²) in [6.45, 7) is 2.90. The number of anilines is 1. The number of methoxy groups -OCH3 is 1. The van der Waals surface area contributed by atoms with E-state index in [1.807, 2.05) is 0 Å². The monoisotopic (exact) mass is 454 g/mol. The van der Waals surface area contributed by atoms with Crippen LogP contribution in [0, 0.1) is 6.92 Å². The first kappa shape index (κ1) is 21.9. The minimum atomic E-state index is -3.87. The minimum Gasteiger partial charge on any atom is -0.497 e. The zero-order chi connectivity index (χ0) is 22.7. The zero-order valence-electron chi connectivity index (χ0n) is 18.0. The van der Waals surface area contributed by atoms with Gasteiger partial charge in [0, 0.05) is 42.7 Å². The number of ether oxygens (including phenoxy) is 1. The Morgan fingerprint density at radius 1 is 1.22 bits per heavy atom. The number of piperidine rings is 1. The van der Waals surface area contributed by atoms with Crippen molar-refractivity contribution in [2.24, 2.45) is 0 Å². The van der Waals surface area contributed by atoms with Gasteiger partial charge in [0.1, 0.15) is 11.6 Å². The van der Waals surface area contributed by atoms with Crippen molar-refractivity contribution in [1.82, 2.24) is 14.9 Å². The number of imidazole rings is 1. The van der Waals surface area contributed by atoms with Crippen LogP contribution in [0.2, 0.25) is 0 Å². The molecule has 2 heterocycles. The Bertz CT molecular complexity index is 1190. The minimum absolute atomic E-state index is 0.0822. The molecule has 1 atom stereocenters. The highest BCUT2D eigenvalue weighted by Crippen LogP contribution is 2.27. The number of rotatable bonds is 6. The summed E-state index contributed by atoms with van der Waals surface area (Å²) in [7, 11) is -2.33. The van der Waals surface area contributed by atoms with Crippen LogP contribution < -0.4 is 9.46 Å². The Balaban J connectivity index is 1.55. The van der Waals surface area contributed by atoms with Crippen LogP contribution in [0.4, 0.5) is 5.69 Å². The summed E-state index contributed by atoms with van der Waals surface area (Å²) in [5.41, 5.74) is 1.33. The van der Waals surface area contributed by atoms with E-state index in [9.17, 15) is 13.2 Å². The molecule has 0 radical (unpaired) electrons. The Labute approximate surface area is 187 Å². The van der Waals surface area contributed by atoms with Crippen molar-refractivity contribution in [3.8, 4) is 5.75 Å². The lowest BCUT2D eigenvalue weighted by atomic mass is 9.96. The summed E-state index contributed by atoms with van der Waals surface area (Å²) in [6.07, 6.45) is 5.32. The normalized spacial score (nSPS) is 16.6. The van der Waals surface area contributed by atoms with Crippen LogP contribution in [0.1, 0.15) is 40.5 Å². The van der Waals surface area contributed by atoms with Crippen molar-refractivity contribution in [2.75, 3.05) is 24.9 Å². The van der Waals surface area contributed by atoms with E-state index in [1.165, 1.54) is 6.07 Å². The fourth-order valence-electron chi connectivity index (χ4n) is 3.96. The number of carbonyl (C=O) groups excluding carboxylic acids is 1. The molecule has 2 N–H and O–H groups in total. The molecule has 2 aromatic carbocycles. The smallest absolute Gasteiger partial charge is 0.262 e. The highest BCUT2D eigenvalue weighted by Gasteiger charge is 2.28. The Hall–Kier alpha value is -3.33. The van der Waals surface area contributed by atoms with Crippen LogP contribution >= 0.6 is 0 Å². The van der Waals surface area contributed by atoms with Gasteiger partial charge in [-0.05, 0) is 61.7 Å². The second-order valence-electron chi connectivity index (χ2n) is 7.88. The van der Waals surface area contributed by atoms with Crippen molar-refractivity contribution in [3.05, 3.63) is 71.8 Å². The summed E-state index contributed by atoms with van der Waals surface area (Å²) >= 11 is 0. The predicted molar refractivity (Wildman–Crippen MR) is 121 cm³/mol. The number of sulfonamides is 1. The van der Waals surface area contributed by atoms with Gasteiger partial charge in [0.25, 0.3) is 15.9 Å². The maximum absolute atomic E-state index is 13.2. The second kappa shape index (κ2) is 9.04. The van der Waals surface area contributed by atoms with E-state index < -0.39 is 10.0 Å². The molecule has 3 aromatic rings. The van der Waals surface area contributed by atoms with Gasteiger partial charge in [0.15, 0.2) is 0 Å². The molecule has 0 saturated carbocycles. The first-order valence-corrected chi connectivity index (χ1v) is 11.9. The number of nitrogens with one attached hydrogen (secondary N) is 2. The van der Waals surface area contributed by atoms with Crippen LogP contribution in [0.3, 0.4) is 0 Å².